The smallest absolute Gasteiger partial charge is 0.326 e. The van der Waals surface area contributed by atoms with Crippen LogP contribution in [0.2, 0.25) is 0 Å². The molecule has 15 N–H and O–H groups in total. The third kappa shape index (κ3) is 16.7. The van der Waals surface area contributed by atoms with Gasteiger partial charge in [-0.05, 0) is 55.4 Å². The molecule has 7 amide bonds. The monoisotopic (exact) mass is 993 g/mol. The molecule has 69 heavy (non-hydrogen) atoms. The van der Waals surface area contributed by atoms with E-state index in [9.17, 15) is 48.6 Å². The standard InChI is InChI=1S/C44H59N13O10S2/c45-21-36(59)51-29(8-4-15-49-44(46)47)37(60)56-34-23-69-68-17-14-30(52-39(62)31(53-40(34)63)18-26-10-12-28(58)13-11-26)38(61)54-32(20-27-22-48-24-50-27)42(65)57-16-5-9-35(57)41(64)55-33(43(66)67)19-25-6-2-1-3-7-25/h1-3,6-7,10-13,22,24,29-35,58H,4-5,8-9,14-21,23,45H2,(H,48,50)(H,51,59)(H,52,62)(H,53,63)(H,54,61)(H,55,64)(H,56,60)(H,66,67)(H4,46,47,49)/t29-,30+,31+,32-,33-,34+,35+/m0/s1. The zero-order valence-corrected chi connectivity index (χ0v) is 39.3. The minimum absolute atomic E-state index is 0.00299. The number of phenols is 1. The van der Waals surface area contributed by atoms with Crippen molar-refractivity contribution in [1.82, 2.24) is 46.8 Å². The number of aliphatic imine (C=N–C) groups is 1. The summed E-state index contributed by atoms with van der Waals surface area (Å²) in [4.78, 5) is 121. The van der Waals surface area contributed by atoms with E-state index in [1.807, 2.05) is 0 Å². The van der Waals surface area contributed by atoms with Crippen LogP contribution in [0.3, 0.4) is 0 Å². The van der Waals surface area contributed by atoms with Gasteiger partial charge in [-0.1, -0.05) is 64.1 Å². The second-order valence-electron chi connectivity index (χ2n) is 16.3. The van der Waals surface area contributed by atoms with Crippen molar-refractivity contribution in [3.8, 4) is 5.75 Å². The summed E-state index contributed by atoms with van der Waals surface area (Å²) in [6, 6.07) is 6.25. The number of aromatic hydroxyl groups is 1. The van der Waals surface area contributed by atoms with E-state index >= 15 is 0 Å². The molecule has 0 aliphatic carbocycles. The highest BCUT2D eigenvalue weighted by atomic mass is 33.1. The van der Waals surface area contributed by atoms with Crippen molar-refractivity contribution in [3.63, 3.8) is 0 Å². The molecular formula is C44H59N13O10S2. The van der Waals surface area contributed by atoms with Gasteiger partial charge in [-0.2, -0.15) is 0 Å². The highest BCUT2D eigenvalue weighted by molar-refractivity contribution is 8.76. The van der Waals surface area contributed by atoms with E-state index in [-0.39, 0.29) is 74.8 Å². The van der Waals surface area contributed by atoms with Crippen molar-refractivity contribution >= 4 is 74.9 Å². The predicted octanol–water partition coefficient (Wildman–Crippen LogP) is -2.08. The SMILES string of the molecule is NCC(=O)N[C@@H](CCCN=C(N)N)C(=O)N[C@@H]1CSSCC[C@H](C(=O)N[C@@H](Cc2cnc[nH]2)C(=O)N2CCC[C@@H]2C(=O)N[C@@H](Cc2ccccc2)C(=O)O)NC(=O)[C@@H](Cc2ccc(O)cc2)NC1=O. The van der Waals surface area contributed by atoms with Gasteiger partial charge in [0.15, 0.2) is 5.96 Å². The molecule has 2 aliphatic rings. The maximum absolute atomic E-state index is 14.5. The highest BCUT2D eigenvalue weighted by Gasteiger charge is 2.40. The predicted molar refractivity (Wildman–Crippen MR) is 257 cm³/mol. The summed E-state index contributed by atoms with van der Waals surface area (Å²) in [7, 11) is 2.48. The van der Waals surface area contributed by atoms with Crippen LogP contribution >= 0.6 is 21.6 Å². The summed E-state index contributed by atoms with van der Waals surface area (Å²) < 4.78 is 0. The molecule has 3 heterocycles. The Kier molecular flexibility index (Phi) is 20.5. The summed E-state index contributed by atoms with van der Waals surface area (Å²) in [5, 5.41) is 36.0. The van der Waals surface area contributed by atoms with Crippen LogP contribution in [-0.2, 0) is 57.6 Å². The summed E-state index contributed by atoms with van der Waals surface area (Å²) >= 11 is 0. The first-order valence-corrected chi connectivity index (χ1v) is 24.7. The molecule has 0 saturated carbocycles. The van der Waals surface area contributed by atoms with Crippen molar-refractivity contribution in [3.05, 3.63) is 83.9 Å². The third-order valence-corrected chi connectivity index (χ3v) is 13.6. The number of hydrogen-bond donors (Lipinski definition) is 12. The molecule has 372 valence electrons. The average molecular weight is 994 g/mol. The Balaban J connectivity index is 1.34. The van der Waals surface area contributed by atoms with E-state index in [4.69, 9.17) is 17.2 Å². The number of nitrogens with one attached hydrogen (secondary N) is 7. The zero-order valence-electron chi connectivity index (χ0n) is 37.6. The normalized spacial score (nSPS) is 20.0. The number of guanidine groups is 1. The number of carboxylic acid groups (broad SMARTS) is 1. The minimum Gasteiger partial charge on any atom is -0.508 e. The van der Waals surface area contributed by atoms with Gasteiger partial charge in [0, 0.05) is 55.7 Å². The van der Waals surface area contributed by atoms with Crippen LogP contribution in [0.1, 0.15) is 48.9 Å². The number of rotatable bonds is 20. The molecule has 23 nitrogen and oxygen atoms in total. The quantitative estimate of drug-likeness (QED) is 0.0250. The molecule has 2 aromatic carbocycles. The summed E-state index contributed by atoms with van der Waals surface area (Å²) in [6.45, 7) is -0.0783. The van der Waals surface area contributed by atoms with Gasteiger partial charge < -0.3 is 69.2 Å². The average Bonchev–Trinajstić information content (AvgIpc) is 4.04. The Hall–Kier alpha value is -6.86. The molecule has 3 aromatic rings. The van der Waals surface area contributed by atoms with Crippen LogP contribution in [0.5, 0.6) is 5.75 Å². The second kappa shape index (κ2) is 26.6. The molecule has 0 radical (unpaired) electrons. The molecule has 25 heteroatoms. The van der Waals surface area contributed by atoms with E-state index in [1.54, 1.807) is 42.5 Å². The molecule has 7 atom stereocenters. The first-order chi connectivity index (χ1) is 33.1. The lowest BCUT2D eigenvalue weighted by atomic mass is 10.0. The van der Waals surface area contributed by atoms with Crippen molar-refractivity contribution in [1.29, 1.82) is 0 Å². The minimum atomic E-state index is -1.33. The number of aromatic nitrogens is 2. The number of amides is 7. The molecular weight excluding hydrogens is 935 g/mol. The highest BCUT2D eigenvalue weighted by Crippen LogP contribution is 2.25. The van der Waals surface area contributed by atoms with Gasteiger partial charge in [-0.3, -0.25) is 38.6 Å². The molecule has 2 fully saturated rings. The van der Waals surface area contributed by atoms with Gasteiger partial charge in [0.1, 0.15) is 48.0 Å². The Bertz CT molecular complexity index is 2270. The van der Waals surface area contributed by atoms with Crippen molar-refractivity contribution in [2.75, 3.05) is 31.1 Å². The summed E-state index contributed by atoms with van der Waals surface area (Å²) in [5.74, 6) is -6.00. The second-order valence-corrected chi connectivity index (χ2v) is 19.0. The van der Waals surface area contributed by atoms with Crippen molar-refractivity contribution < 1.29 is 48.6 Å². The number of aliphatic carboxylic acids is 1. The van der Waals surface area contributed by atoms with Gasteiger partial charge in [0.25, 0.3) is 0 Å². The number of carbonyl (C=O) groups excluding carboxylic acids is 7. The van der Waals surface area contributed by atoms with Crippen LogP contribution in [0, 0.1) is 0 Å². The Morgan fingerprint density at radius 3 is 2.29 bits per heavy atom. The lowest BCUT2D eigenvalue weighted by Crippen LogP contribution is -2.61. The van der Waals surface area contributed by atoms with Gasteiger partial charge in [0.05, 0.1) is 12.9 Å². The molecule has 2 aliphatic heterocycles. The van der Waals surface area contributed by atoms with Crippen LogP contribution in [0.15, 0.2) is 72.1 Å². The Labute approximate surface area is 405 Å². The number of aromatic amines is 1. The number of carboxylic acids is 1. The number of benzene rings is 2. The fourth-order valence-corrected chi connectivity index (χ4v) is 9.88. The zero-order chi connectivity index (χ0) is 49.9. The number of hydrogen-bond acceptors (Lipinski definition) is 14. The number of phenolic OH excluding ortho intramolecular Hbond substituents is 1. The first kappa shape index (κ1) is 53.1. The number of likely N-dealkylation sites (tertiary alicyclic amines) is 1. The largest absolute Gasteiger partial charge is 0.508 e. The van der Waals surface area contributed by atoms with Crippen LogP contribution in [-0.4, -0.2) is 152 Å². The topological polar surface area (TPSA) is 372 Å². The van der Waals surface area contributed by atoms with Gasteiger partial charge in [0.2, 0.25) is 41.4 Å². The van der Waals surface area contributed by atoms with E-state index < -0.39 is 96.2 Å². The lowest BCUT2D eigenvalue weighted by molar-refractivity contribution is -0.145. The van der Waals surface area contributed by atoms with Gasteiger partial charge in [-0.25, -0.2) is 9.78 Å². The molecule has 0 spiro atoms. The summed E-state index contributed by atoms with van der Waals surface area (Å²) in [6.07, 6.45) is 3.84. The molecule has 0 unspecified atom stereocenters. The van der Waals surface area contributed by atoms with Crippen molar-refractivity contribution in [2.45, 2.75) is 93.7 Å². The maximum Gasteiger partial charge on any atom is 0.326 e. The molecule has 1 aromatic heterocycles. The van der Waals surface area contributed by atoms with E-state index in [2.05, 4.69) is 46.9 Å². The number of H-pyrrole nitrogens is 1. The molecule has 5 rings (SSSR count). The van der Waals surface area contributed by atoms with Crippen molar-refractivity contribution in [2.24, 2.45) is 22.2 Å². The third-order valence-electron chi connectivity index (χ3n) is 11.2. The van der Waals surface area contributed by atoms with Gasteiger partial charge >= 0.3 is 5.97 Å². The summed E-state index contributed by atoms with van der Waals surface area (Å²) in [5.41, 5.74) is 18.0. The number of nitrogens with zero attached hydrogens (tertiary/aromatic N) is 3. The first-order valence-electron chi connectivity index (χ1n) is 22.2. The maximum atomic E-state index is 14.5. The number of imidazole rings is 1. The van der Waals surface area contributed by atoms with E-state index in [1.165, 1.54) is 51.1 Å². The number of nitrogens with two attached hydrogens (primary N) is 3. The van der Waals surface area contributed by atoms with E-state index in [0.29, 0.717) is 29.7 Å². The molecule has 2 saturated heterocycles. The Morgan fingerprint density at radius 1 is 0.870 bits per heavy atom. The van der Waals surface area contributed by atoms with E-state index in [0.717, 1.165) is 0 Å². The van der Waals surface area contributed by atoms with Crippen LogP contribution in [0.4, 0.5) is 0 Å². The number of carbonyl (C=O) groups is 8. The molecule has 0 bridgehead atoms. The fraction of sp³-hybridized carbons (Fsp3) is 0.455. The van der Waals surface area contributed by atoms with Gasteiger partial charge in [-0.15, -0.1) is 0 Å². The Morgan fingerprint density at radius 2 is 1.61 bits per heavy atom. The van der Waals surface area contributed by atoms with Crippen LogP contribution < -0.4 is 49.1 Å². The lowest BCUT2D eigenvalue weighted by Gasteiger charge is -2.31. The fourth-order valence-electron chi connectivity index (χ4n) is 7.62. The van der Waals surface area contributed by atoms with Crippen LogP contribution in [0.25, 0.3) is 0 Å².